The van der Waals surface area contributed by atoms with Gasteiger partial charge >= 0.3 is 0 Å². The fourth-order valence-electron chi connectivity index (χ4n) is 4.91. The highest BCUT2D eigenvalue weighted by atomic mass is 35.5. The van der Waals surface area contributed by atoms with Crippen LogP contribution in [0.15, 0.2) is 42.5 Å². The van der Waals surface area contributed by atoms with Gasteiger partial charge in [0, 0.05) is 38.2 Å². The second-order valence-corrected chi connectivity index (χ2v) is 10.4. The van der Waals surface area contributed by atoms with Gasteiger partial charge in [-0.15, -0.1) is 0 Å². The Kier molecular flexibility index (Phi) is 8.76. The van der Waals surface area contributed by atoms with Crippen molar-refractivity contribution >= 4 is 23.4 Å². The summed E-state index contributed by atoms with van der Waals surface area (Å²) >= 11 is 6.46. The average molecular weight is 568 g/mol. The second-order valence-electron chi connectivity index (χ2n) is 10.1. The van der Waals surface area contributed by atoms with E-state index in [1.807, 2.05) is 24.3 Å². The lowest BCUT2D eigenvalue weighted by atomic mass is 10.1. The summed E-state index contributed by atoms with van der Waals surface area (Å²) in [6.45, 7) is 3.99. The summed E-state index contributed by atoms with van der Waals surface area (Å²) in [5.74, 6) is 1.75. The van der Waals surface area contributed by atoms with Crippen LogP contribution in [0.3, 0.4) is 0 Å². The number of halogens is 1. The zero-order chi connectivity index (χ0) is 28.1. The standard InChI is InChI=1S/C29H34ClN5O5/c1-3-4-5-26-32-22(28(30)34-26)15-35-14-21-25(16-35)40-20-9-6-18(7-10-20)13-31-27(36)17-39-24-12-19(29(37)33-21)8-11-23(24)38-2/h6-12,21,25H,3-5,13-17H2,1-2H3,(H,31,36)(H,32,34)(H,33,37)/t21-,25-/m0/s1. The first kappa shape index (κ1) is 27.8. The highest BCUT2D eigenvalue weighted by Crippen LogP contribution is 2.29. The van der Waals surface area contributed by atoms with Crippen LogP contribution >= 0.6 is 11.6 Å². The van der Waals surface area contributed by atoms with E-state index in [-0.39, 0.29) is 30.6 Å². The monoisotopic (exact) mass is 567 g/mol. The molecule has 0 radical (unpaired) electrons. The molecule has 2 amide bonds. The lowest BCUT2D eigenvalue weighted by Crippen LogP contribution is -2.45. The number of aryl methyl sites for hydroxylation is 1. The molecule has 3 aliphatic heterocycles. The van der Waals surface area contributed by atoms with E-state index in [0.29, 0.717) is 54.1 Å². The number of fused-ring (bicyclic) bond motifs is 7. The highest BCUT2D eigenvalue weighted by molar-refractivity contribution is 6.30. The molecule has 2 atom stereocenters. The van der Waals surface area contributed by atoms with Crippen LogP contribution in [0.2, 0.25) is 5.15 Å². The quantitative estimate of drug-likeness (QED) is 0.417. The van der Waals surface area contributed by atoms with E-state index in [4.69, 9.17) is 25.8 Å². The zero-order valence-electron chi connectivity index (χ0n) is 22.7. The summed E-state index contributed by atoms with van der Waals surface area (Å²) in [4.78, 5) is 35.8. The lowest BCUT2D eigenvalue weighted by Gasteiger charge is -2.21. The molecule has 0 unspecified atom stereocenters. The van der Waals surface area contributed by atoms with Gasteiger partial charge < -0.3 is 29.8 Å². The average Bonchev–Trinajstić information content (AvgIpc) is 3.50. The summed E-state index contributed by atoms with van der Waals surface area (Å²) in [5.41, 5.74) is 2.17. The van der Waals surface area contributed by atoms with Crippen LogP contribution in [0.25, 0.3) is 0 Å². The third kappa shape index (κ3) is 6.68. The number of methoxy groups -OCH3 is 1. The fraction of sp³-hybridized carbons (Fsp3) is 0.414. The summed E-state index contributed by atoms with van der Waals surface area (Å²) < 4.78 is 17.5. The third-order valence-electron chi connectivity index (χ3n) is 7.07. The Labute approximate surface area is 238 Å². The van der Waals surface area contributed by atoms with E-state index in [0.717, 1.165) is 36.3 Å². The minimum Gasteiger partial charge on any atom is -0.493 e. The summed E-state index contributed by atoms with van der Waals surface area (Å²) in [6, 6.07) is 12.2. The first-order valence-electron chi connectivity index (χ1n) is 13.5. The van der Waals surface area contributed by atoms with Gasteiger partial charge in [0.15, 0.2) is 23.3 Å². The van der Waals surface area contributed by atoms with Crippen molar-refractivity contribution in [2.24, 2.45) is 0 Å². The maximum absolute atomic E-state index is 13.4. The summed E-state index contributed by atoms with van der Waals surface area (Å²) in [6.07, 6.45) is 2.67. The molecular weight excluding hydrogens is 534 g/mol. The van der Waals surface area contributed by atoms with E-state index >= 15 is 0 Å². The first-order chi connectivity index (χ1) is 19.4. The number of carbonyl (C=O) groups excluding carboxylic acids is 2. The Bertz CT molecular complexity index is 1350. The number of amides is 2. The molecule has 6 rings (SSSR count). The molecule has 3 aliphatic rings. The third-order valence-corrected chi connectivity index (χ3v) is 7.38. The Morgan fingerprint density at radius 2 is 1.98 bits per heavy atom. The Morgan fingerprint density at radius 1 is 1.15 bits per heavy atom. The van der Waals surface area contributed by atoms with Crippen LogP contribution in [0.1, 0.15) is 47.2 Å². The van der Waals surface area contributed by atoms with Crippen LogP contribution in [0.4, 0.5) is 0 Å². The van der Waals surface area contributed by atoms with Gasteiger partial charge in [0.25, 0.3) is 11.8 Å². The molecule has 1 fully saturated rings. The molecule has 3 aromatic rings. The van der Waals surface area contributed by atoms with E-state index in [1.165, 1.54) is 7.11 Å². The normalized spacial score (nSPS) is 19.7. The molecule has 10 nitrogen and oxygen atoms in total. The number of carbonyl (C=O) groups is 2. The van der Waals surface area contributed by atoms with Crippen molar-refractivity contribution in [2.75, 3.05) is 26.8 Å². The maximum Gasteiger partial charge on any atom is 0.258 e. The molecule has 1 saturated heterocycles. The molecule has 3 N–H and O–H groups in total. The Morgan fingerprint density at radius 3 is 2.75 bits per heavy atom. The molecule has 0 spiro atoms. The minimum absolute atomic E-state index is 0.210. The number of ether oxygens (including phenoxy) is 3. The van der Waals surface area contributed by atoms with Crippen molar-refractivity contribution in [3.8, 4) is 17.2 Å². The van der Waals surface area contributed by atoms with Gasteiger partial charge in [0.05, 0.1) is 18.8 Å². The van der Waals surface area contributed by atoms with Crippen molar-refractivity contribution in [3.63, 3.8) is 0 Å². The summed E-state index contributed by atoms with van der Waals surface area (Å²) in [5, 5.41) is 6.46. The lowest BCUT2D eigenvalue weighted by molar-refractivity contribution is -0.123. The van der Waals surface area contributed by atoms with Crippen LogP contribution in [-0.2, 0) is 24.3 Å². The van der Waals surface area contributed by atoms with Crippen molar-refractivity contribution < 1.29 is 23.8 Å². The SMILES string of the molecule is CCCCc1nc(Cl)c(CN2C[C@@H]3NC(=O)c4ccc(OC)c(c4)OCC(=O)NCc4ccc(cc4)O[C@H]3C2)[nH]1. The van der Waals surface area contributed by atoms with Crippen LogP contribution in [0, 0.1) is 0 Å². The van der Waals surface area contributed by atoms with E-state index in [1.54, 1.807) is 18.2 Å². The van der Waals surface area contributed by atoms with Gasteiger partial charge in [-0.3, -0.25) is 14.5 Å². The number of hydrogen-bond acceptors (Lipinski definition) is 7. The molecule has 4 heterocycles. The molecule has 11 heteroatoms. The number of imidazole rings is 1. The van der Waals surface area contributed by atoms with Crippen molar-refractivity contribution in [1.29, 1.82) is 0 Å². The Balaban J connectivity index is 1.39. The predicted molar refractivity (Wildman–Crippen MR) is 150 cm³/mol. The number of aromatic nitrogens is 2. The van der Waals surface area contributed by atoms with E-state index in [2.05, 4.69) is 32.4 Å². The molecule has 1 aromatic heterocycles. The molecule has 0 aliphatic carbocycles. The molecule has 212 valence electrons. The smallest absolute Gasteiger partial charge is 0.258 e. The fourth-order valence-corrected chi connectivity index (χ4v) is 5.12. The van der Waals surface area contributed by atoms with Gasteiger partial charge in [0.2, 0.25) is 0 Å². The number of unbranched alkanes of at least 4 members (excludes halogenated alkanes) is 1. The number of benzene rings is 2. The van der Waals surface area contributed by atoms with Crippen molar-refractivity contribution in [3.05, 3.63) is 70.3 Å². The number of H-pyrrole nitrogens is 1. The number of hydrogen-bond donors (Lipinski definition) is 3. The van der Waals surface area contributed by atoms with E-state index in [9.17, 15) is 9.59 Å². The Hall–Kier alpha value is -3.76. The largest absolute Gasteiger partial charge is 0.493 e. The van der Waals surface area contributed by atoms with Crippen LogP contribution < -0.4 is 24.8 Å². The van der Waals surface area contributed by atoms with E-state index < -0.39 is 0 Å². The van der Waals surface area contributed by atoms with Gasteiger partial charge in [-0.2, -0.15) is 0 Å². The number of nitrogens with one attached hydrogen (secondary N) is 3. The van der Waals surface area contributed by atoms with Crippen molar-refractivity contribution in [2.45, 2.75) is 51.4 Å². The number of aromatic amines is 1. The molecule has 40 heavy (non-hydrogen) atoms. The van der Waals surface area contributed by atoms with Crippen molar-refractivity contribution in [1.82, 2.24) is 25.5 Å². The minimum atomic E-state index is -0.305. The van der Waals surface area contributed by atoms with Gasteiger partial charge in [-0.1, -0.05) is 37.1 Å². The van der Waals surface area contributed by atoms with Gasteiger partial charge in [0.1, 0.15) is 17.7 Å². The van der Waals surface area contributed by atoms with Gasteiger partial charge in [-0.05, 0) is 42.3 Å². The van der Waals surface area contributed by atoms with Crippen LogP contribution in [-0.4, -0.2) is 65.6 Å². The van der Waals surface area contributed by atoms with Gasteiger partial charge in [-0.25, -0.2) is 4.98 Å². The summed E-state index contributed by atoms with van der Waals surface area (Å²) in [7, 11) is 1.51. The number of likely N-dealkylation sites (tertiary alicyclic amines) is 1. The highest BCUT2D eigenvalue weighted by Gasteiger charge is 2.36. The number of nitrogens with zero attached hydrogens (tertiary/aromatic N) is 2. The molecule has 2 aromatic carbocycles. The maximum atomic E-state index is 13.4. The molecule has 4 bridgehead atoms. The second kappa shape index (κ2) is 12.6. The first-order valence-corrected chi connectivity index (χ1v) is 13.9. The molecular formula is C29H34ClN5O5. The topological polar surface area (TPSA) is 118 Å². The number of rotatable bonds is 6. The van der Waals surface area contributed by atoms with Crippen LogP contribution in [0.5, 0.6) is 17.2 Å². The molecule has 0 saturated carbocycles. The zero-order valence-corrected chi connectivity index (χ0v) is 23.4. The predicted octanol–water partition coefficient (Wildman–Crippen LogP) is 3.48.